The fraction of sp³-hybridized carbons (Fsp3) is 0.346. The first kappa shape index (κ1) is 26.4. The molecule has 5 rings (SSSR count). The number of aryl methyl sites for hydroxylation is 1. The number of aliphatic hydroxyl groups excluding tert-OH is 1. The van der Waals surface area contributed by atoms with Crippen molar-refractivity contribution >= 4 is 34.3 Å². The van der Waals surface area contributed by atoms with E-state index in [1.807, 2.05) is 13.0 Å². The average molecular weight is 536 g/mol. The summed E-state index contributed by atoms with van der Waals surface area (Å²) in [5.41, 5.74) is 2.45. The van der Waals surface area contributed by atoms with Crippen molar-refractivity contribution in [2.24, 2.45) is 0 Å². The number of rotatable bonds is 9. The summed E-state index contributed by atoms with van der Waals surface area (Å²) in [5.74, 6) is -0.671. The minimum absolute atomic E-state index is 0.0253. The van der Waals surface area contributed by atoms with Gasteiger partial charge in [0.05, 0.1) is 55.8 Å². The first-order valence-corrected chi connectivity index (χ1v) is 12.6. The summed E-state index contributed by atoms with van der Waals surface area (Å²) in [7, 11) is 0. The fourth-order valence-electron chi connectivity index (χ4n) is 4.29. The minimum Gasteiger partial charge on any atom is -0.391 e. The van der Waals surface area contributed by atoms with Gasteiger partial charge in [0.2, 0.25) is 11.9 Å². The summed E-state index contributed by atoms with van der Waals surface area (Å²) in [5, 5.41) is 20.3. The summed E-state index contributed by atoms with van der Waals surface area (Å²) in [6.07, 6.45) is 10.4. The number of ether oxygens (including phenoxy) is 1. The summed E-state index contributed by atoms with van der Waals surface area (Å²) in [4.78, 5) is 27.5. The molecule has 0 radical (unpaired) electrons. The second kappa shape index (κ2) is 11.7. The van der Waals surface area contributed by atoms with Crippen LogP contribution in [0.25, 0.3) is 16.9 Å². The quantitative estimate of drug-likeness (QED) is 0.276. The summed E-state index contributed by atoms with van der Waals surface area (Å²) in [6.45, 7) is 7.68. The number of fused-ring (bicyclic) bond motifs is 1. The van der Waals surface area contributed by atoms with E-state index in [4.69, 9.17) is 4.74 Å². The Hall–Kier alpha value is -4.20. The third-order valence-electron chi connectivity index (χ3n) is 6.14. The number of aromatic nitrogens is 6. The molecule has 0 spiro atoms. The maximum absolute atomic E-state index is 14.9. The molecule has 1 amide bonds. The zero-order valence-electron chi connectivity index (χ0n) is 21.7. The molecule has 204 valence electrons. The Labute approximate surface area is 224 Å². The zero-order chi connectivity index (χ0) is 27.4. The van der Waals surface area contributed by atoms with E-state index in [2.05, 4.69) is 35.6 Å². The maximum atomic E-state index is 14.9. The Balaban J connectivity index is 1.31. The number of carbonyl (C=O) groups is 1. The highest BCUT2D eigenvalue weighted by atomic mass is 19.1. The molecule has 3 N–H and O–H groups in total. The van der Waals surface area contributed by atoms with Crippen molar-refractivity contribution in [2.45, 2.75) is 26.5 Å². The highest BCUT2D eigenvalue weighted by Crippen LogP contribution is 2.26. The van der Waals surface area contributed by atoms with Gasteiger partial charge in [0.25, 0.3) is 0 Å². The number of amides is 1. The van der Waals surface area contributed by atoms with Crippen LogP contribution in [0, 0.1) is 12.7 Å². The van der Waals surface area contributed by atoms with Crippen molar-refractivity contribution < 1.29 is 19.0 Å². The van der Waals surface area contributed by atoms with Crippen LogP contribution < -0.4 is 10.6 Å². The Morgan fingerprint density at radius 2 is 2.03 bits per heavy atom. The Bertz CT molecular complexity index is 1490. The number of nitrogens with zero attached hydrogens (tertiary/aromatic N) is 7. The van der Waals surface area contributed by atoms with Gasteiger partial charge in [-0.05, 0) is 25.5 Å². The molecule has 13 heteroatoms. The average Bonchev–Trinajstić information content (AvgIpc) is 3.48. The number of hydrogen-bond acceptors (Lipinski definition) is 9. The molecular formula is C26H30FN9O3. The van der Waals surface area contributed by atoms with E-state index in [9.17, 15) is 14.3 Å². The van der Waals surface area contributed by atoms with Crippen molar-refractivity contribution in [3.8, 4) is 5.82 Å². The van der Waals surface area contributed by atoms with Gasteiger partial charge in [-0.25, -0.2) is 14.4 Å². The second-order valence-corrected chi connectivity index (χ2v) is 9.37. The first-order chi connectivity index (χ1) is 18.9. The van der Waals surface area contributed by atoms with E-state index >= 15 is 0 Å². The van der Waals surface area contributed by atoms with Gasteiger partial charge in [0.15, 0.2) is 11.6 Å². The van der Waals surface area contributed by atoms with Crippen molar-refractivity contribution in [2.75, 3.05) is 43.5 Å². The minimum atomic E-state index is -0.619. The van der Waals surface area contributed by atoms with Gasteiger partial charge in [-0.2, -0.15) is 10.1 Å². The smallest absolute Gasteiger partial charge is 0.248 e. The molecule has 5 heterocycles. The molecule has 1 fully saturated rings. The molecule has 1 atom stereocenters. The van der Waals surface area contributed by atoms with Crippen LogP contribution in [0.15, 0.2) is 49.2 Å². The van der Waals surface area contributed by atoms with Crippen molar-refractivity contribution in [3.05, 3.63) is 60.6 Å². The van der Waals surface area contributed by atoms with E-state index in [0.717, 1.165) is 30.2 Å². The van der Waals surface area contributed by atoms with Crippen LogP contribution in [0.2, 0.25) is 0 Å². The monoisotopic (exact) mass is 535 g/mol. The largest absolute Gasteiger partial charge is 0.391 e. The molecule has 4 aromatic heterocycles. The number of nitrogens with one attached hydrogen (secondary N) is 2. The maximum Gasteiger partial charge on any atom is 0.248 e. The van der Waals surface area contributed by atoms with Crippen LogP contribution in [0.1, 0.15) is 12.5 Å². The van der Waals surface area contributed by atoms with Gasteiger partial charge in [0.1, 0.15) is 5.65 Å². The molecule has 1 aliphatic heterocycles. The summed E-state index contributed by atoms with van der Waals surface area (Å²) >= 11 is 0. The fourth-order valence-corrected chi connectivity index (χ4v) is 4.29. The highest BCUT2D eigenvalue weighted by Gasteiger charge is 2.16. The van der Waals surface area contributed by atoms with Crippen LogP contribution >= 0.6 is 0 Å². The molecule has 0 unspecified atom stereocenters. The number of halogens is 1. The standard InChI is InChI=1S/C26H30FN9O3/c1-17-14-36(25-22(27)13-29-26(33-25)32-20-12-30-35(16-20)15-18(2)37)24-21(17)10-19(11-28-24)31-23(38)4-3-5-34-6-8-39-9-7-34/h3-4,10-14,16,18,37H,5-9,15H2,1-2H3,(H,31,38)(H,29,32,33)/b4-3+/t18-/m0/s1. The predicted molar refractivity (Wildman–Crippen MR) is 144 cm³/mol. The Morgan fingerprint density at radius 3 is 2.82 bits per heavy atom. The molecule has 0 aliphatic carbocycles. The van der Waals surface area contributed by atoms with Crippen LogP contribution in [0.5, 0.6) is 0 Å². The number of pyridine rings is 1. The summed E-state index contributed by atoms with van der Waals surface area (Å²) in [6, 6.07) is 1.80. The molecule has 0 saturated carbocycles. The van der Waals surface area contributed by atoms with Gasteiger partial charge >= 0.3 is 0 Å². The van der Waals surface area contributed by atoms with Crippen molar-refractivity contribution in [1.29, 1.82) is 0 Å². The molecule has 4 aromatic rings. The van der Waals surface area contributed by atoms with Crippen LogP contribution in [0.3, 0.4) is 0 Å². The van der Waals surface area contributed by atoms with Gasteiger partial charge in [-0.3, -0.25) is 18.9 Å². The SMILES string of the molecule is Cc1cn(-c2nc(Nc3cnn(C[C@H](C)O)c3)ncc2F)c2ncc(NC(=O)/C=C/CN3CCOCC3)cc12. The molecule has 39 heavy (non-hydrogen) atoms. The van der Waals surface area contributed by atoms with Crippen LogP contribution in [-0.2, 0) is 16.1 Å². The lowest BCUT2D eigenvalue weighted by atomic mass is 10.2. The number of anilines is 3. The first-order valence-electron chi connectivity index (χ1n) is 12.6. The topological polar surface area (TPSA) is 135 Å². The van der Waals surface area contributed by atoms with Gasteiger partial charge < -0.3 is 20.5 Å². The molecular weight excluding hydrogens is 505 g/mol. The molecule has 0 aromatic carbocycles. The third-order valence-corrected chi connectivity index (χ3v) is 6.14. The molecule has 12 nitrogen and oxygen atoms in total. The van der Waals surface area contributed by atoms with Crippen LogP contribution in [0.4, 0.5) is 21.7 Å². The lowest BCUT2D eigenvalue weighted by Crippen LogP contribution is -2.36. The normalized spacial score (nSPS) is 15.2. The highest BCUT2D eigenvalue weighted by molar-refractivity contribution is 6.00. The second-order valence-electron chi connectivity index (χ2n) is 9.37. The molecule has 1 saturated heterocycles. The Morgan fingerprint density at radius 1 is 1.21 bits per heavy atom. The van der Waals surface area contributed by atoms with Gasteiger partial charge in [-0.1, -0.05) is 6.08 Å². The summed E-state index contributed by atoms with van der Waals surface area (Å²) < 4.78 is 23.3. The zero-order valence-corrected chi connectivity index (χ0v) is 21.7. The van der Waals surface area contributed by atoms with Crippen LogP contribution in [-0.4, -0.2) is 84.2 Å². The van der Waals surface area contributed by atoms with Gasteiger partial charge in [0, 0.05) is 43.5 Å². The number of morpholine rings is 1. The lowest BCUT2D eigenvalue weighted by Gasteiger charge is -2.24. The third kappa shape index (κ3) is 6.45. The van der Waals surface area contributed by atoms with Gasteiger partial charge in [-0.15, -0.1) is 0 Å². The van der Waals surface area contributed by atoms with E-state index < -0.39 is 11.9 Å². The number of carbonyl (C=O) groups excluding carboxylic acids is 1. The van der Waals surface area contributed by atoms with E-state index in [0.29, 0.717) is 43.3 Å². The number of hydrogen-bond donors (Lipinski definition) is 3. The van der Waals surface area contributed by atoms with E-state index in [-0.39, 0.29) is 17.7 Å². The van der Waals surface area contributed by atoms with E-state index in [1.54, 1.807) is 40.8 Å². The molecule has 0 bridgehead atoms. The Kier molecular flexibility index (Phi) is 7.91. The van der Waals surface area contributed by atoms with Crippen molar-refractivity contribution in [3.63, 3.8) is 0 Å². The predicted octanol–water partition coefficient (Wildman–Crippen LogP) is 2.41. The lowest BCUT2D eigenvalue weighted by molar-refractivity contribution is -0.111. The van der Waals surface area contributed by atoms with Crippen molar-refractivity contribution in [1.82, 2.24) is 34.2 Å². The molecule has 1 aliphatic rings. The number of aliphatic hydroxyl groups is 1. The van der Waals surface area contributed by atoms with E-state index in [1.165, 1.54) is 12.3 Å².